The zero-order valence-electron chi connectivity index (χ0n) is 25.9. The van der Waals surface area contributed by atoms with E-state index in [9.17, 15) is 0 Å². The fourth-order valence-electron chi connectivity index (χ4n) is 6.28. The van der Waals surface area contributed by atoms with E-state index in [0.717, 1.165) is 89.9 Å². The second-order valence-electron chi connectivity index (χ2n) is 11.4. The summed E-state index contributed by atoms with van der Waals surface area (Å²) in [5.74, 6) is 0. The zero-order chi connectivity index (χ0) is 31.9. The number of aromatic nitrogens is 8. The number of pyridine rings is 4. The average Bonchev–Trinajstić information content (AvgIpc) is 3.94. The summed E-state index contributed by atoms with van der Waals surface area (Å²) in [6.45, 7) is 0. The molecule has 7 aromatic heterocycles. The van der Waals surface area contributed by atoms with Gasteiger partial charge in [-0.05, 0) is 97.1 Å². The molecule has 9 rings (SSSR count). The Morgan fingerprint density at radius 1 is 0.449 bits per heavy atom. The van der Waals surface area contributed by atoms with Gasteiger partial charge in [-0.15, -0.1) is 0 Å². The summed E-state index contributed by atoms with van der Waals surface area (Å²) in [4.78, 5) is 36.9. The summed E-state index contributed by atoms with van der Waals surface area (Å²) < 4.78 is 0. The van der Waals surface area contributed by atoms with Gasteiger partial charge < -0.3 is 9.97 Å². The smallest absolute Gasteiger partial charge is 0.0847 e. The Labute approximate surface area is 291 Å². The molecule has 0 spiro atoms. The van der Waals surface area contributed by atoms with Crippen LogP contribution in [0.25, 0.3) is 79.6 Å². The number of nitrogens with one attached hydrogen (secondary N) is 2. The van der Waals surface area contributed by atoms with Crippen molar-refractivity contribution in [2.75, 3.05) is 0 Å². The molecule has 0 aromatic carbocycles. The fourth-order valence-corrected chi connectivity index (χ4v) is 6.28. The average molecular weight is 678 g/mol. The Morgan fingerprint density at radius 3 is 1.57 bits per heavy atom. The van der Waals surface area contributed by atoms with E-state index in [0.29, 0.717) is 0 Å². The maximum absolute atomic E-state index is 5.31. The molecule has 49 heavy (non-hydrogen) atoms. The van der Waals surface area contributed by atoms with Crippen molar-refractivity contribution in [2.24, 2.45) is 0 Å². The molecule has 1 radical (unpaired) electrons. The van der Waals surface area contributed by atoms with Crippen LogP contribution in [0, 0.1) is 0 Å². The van der Waals surface area contributed by atoms with Crippen molar-refractivity contribution < 1.29 is 16.8 Å². The van der Waals surface area contributed by atoms with Gasteiger partial charge in [0.05, 0.1) is 62.1 Å². The molecule has 7 aromatic rings. The Bertz CT molecular complexity index is 2540. The van der Waals surface area contributed by atoms with Crippen molar-refractivity contribution in [3.63, 3.8) is 0 Å². The van der Waals surface area contributed by atoms with Crippen molar-refractivity contribution in [2.45, 2.75) is 0 Å². The Balaban J connectivity index is 0.00000348. The molecule has 0 fully saturated rings. The minimum atomic E-state index is 0. The van der Waals surface area contributed by atoms with Gasteiger partial charge in [-0.1, -0.05) is 24.3 Å². The first-order chi connectivity index (χ1) is 23.8. The van der Waals surface area contributed by atoms with E-state index in [1.807, 2.05) is 122 Å². The second-order valence-corrected chi connectivity index (χ2v) is 11.4. The number of hydrogen-bond donors (Lipinski definition) is 2. The molecule has 9 heterocycles. The zero-order valence-corrected chi connectivity index (χ0v) is 26.9. The van der Waals surface area contributed by atoms with Crippen molar-refractivity contribution in [1.29, 1.82) is 0 Å². The predicted molar refractivity (Wildman–Crippen MR) is 191 cm³/mol. The maximum atomic E-state index is 5.31. The first-order valence-corrected chi connectivity index (χ1v) is 15.6. The summed E-state index contributed by atoms with van der Waals surface area (Å²) in [7, 11) is 0. The van der Waals surface area contributed by atoms with E-state index in [2.05, 4.69) is 22.1 Å². The number of aromatic amines is 2. The Hall–Kier alpha value is -6.29. The molecule has 0 saturated carbocycles. The van der Waals surface area contributed by atoms with E-state index < -0.39 is 0 Å². The first kappa shape index (κ1) is 30.1. The molecular formula is C40H26CoN8. The van der Waals surface area contributed by atoms with Crippen LogP contribution in [0.4, 0.5) is 0 Å². The van der Waals surface area contributed by atoms with Gasteiger partial charge >= 0.3 is 0 Å². The molecule has 2 aliphatic rings. The molecule has 0 saturated heterocycles. The SMILES string of the molecule is C1=Cc2cc3[nH]c(c(-c4ccccn4)c4nc(cc5ccc(cc1n2)[nH]5)C=C4c1ccccn1)c(-c1ccccn1)c3-c1ccccn1.[Co]. The quantitative estimate of drug-likeness (QED) is 0.193. The Morgan fingerprint density at radius 2 is 0.980 bits per heavy atom. The number of rotatable bonds is 4. The first-order valence-electron chi connectivity index (χ1n) is 15.6. The second kappa shape index (κ2) is 12.7. The molecule has 0 aliphatic carbocycles. The Kier molecular flexibility index (Phi) is 7.81. The van der Waals surface area contributed by atoms with Gasteiger partial charge in [-0.25, -0.2) is 9.97 Å². The third-order valence-corrected chi connectivity index (χ3v) is 8.32. The third kappa shape index (κ3) is 5.67. The number of H-pyrrole nitrogens is 2. The van der Waals surface area contributed by atoms with Crippen molar-refractivity contribution in [1.82, 2.24) is 39.9 Å². The molecule has 0 unspecified atom stereocenters. The van der Waals surface area contributed by atoms with Crippen molar-refractivity contribution >= 4 is 45.9 Å². The van der Waals surface area contributed by atoms with Crippen LogP contribution >= 0.6 is 0 Å². The molecule has 0 amide bonds. The van der Waals surface area contributed by atoms with E-state index in [1.54, 1.807) is 12.4 Å². The normalized spacial score (nSPS) is 12.0. The van der Waals surface area contributed by atoms with Crippen LogP contribution in [-0.2, 0) is 16.8 Å². The van der Waals surface area contributed by atoms with E-state index >= 15 is 0 Å². The molecule has 8 nitrogen and oxygen atoms in total. The van der Waals surface area contributed by atoms with Gasteiger partial charge in [0.25, 0.3) is 0 Å². The van der Waals surface area contributed by atoms with E-state index in [-0.39, 0.29) is 16.8 Å². The van der Waals surface area contributed by atoms with Gasteiger partial charge in [-0.2, -0.15) is 0 Å². The van der Waals surface area contributed by atoms with Gasteiger partial charge in [0, 0.05) is 69.3 Å². The molecule has 9 heteroatoms. The van der Waals surface area contributed by atoms with Crippen molar-refractivity contribution in [3.8, 4) is 33.8 Å². The topological polar surface area (TPSA) is 109 Å². The van der Waals surface area contributed by atoms with Gasteiger partial charge in [0.1, 0.15) is 0 Å². The van der Waals surface area contributed by atoms with Crippen LogP contribution in [0.1, 0.15) is 28.5 Å². The molecular weight excluding hydrogens is 651 g/mol. The molecule has 2 N–H and O–H groups in total. The fraction of sp³-hybridized carbons (Fsp3) is 0. The van der Waals surface area contributed by atoms with Crippen LogP contribution in [0.2, 0.25) is 0 Å². The van der Waals surface area contributed by atoms with E-state index in [4.69, 9.17) is 29.9 Å². The number of nitrogens with zero attached hydrogens (tertiary/aromatic N) is 6. The summed E-state index contributed by atoms with van der Waals surface area (Å²) in [5, 5.41) is 0. The predicted octanol–water partition coefficient (Wildman–Crippen LogP) is 8.65. The van der Waals surface area contributed by atoms with Gasteiger partial charge in [-0.3, -0.25) is 19.9 Å². The van der Waals surface area contributed by atoms with Crippen LogP contribution in [0.15, 0.2) is 128 Å². The van der Waals surface area contributed by atoms with Crippen molar-refractivity contribution in [3.05, 3.63) is 156 Å². The summed E-state index contributed by atoms with van der Waals surface area (Å²) >= 11 is 0. The standard InChI is InChI=1S/C40H26N8.Co/c1-5-17-41-31(9-1)30-23-29-22-27-14-13-25(45-27)21-26-15-16-28(46-26)24-35-36(32-10-2-6-18-42-32)37(33-11-3-7-19-43-33)40(48-35)38(39(30)47-29)34-12-4-8-20-44-34;/h1-24,45,48H;. The monoisotopic (exact) mass is 677 g/mol. The van der Waals surface area contributed by atoms with E-state index in [1.165, 1.54) is 0 Å². The largest absolute Gasteiger partial charge is 0.355 e. The molecule has 0 atom stereocenters. The van der Waals surface area contributed by atoms with Gasteiger partial charge in [0.2, 0.25) is 0 Å². The summed E-state index contributed by atoms with van der Waals surface area (Å²) in [6.07, 6.45) is 13.4. The summed E-state index contributed by atoms with van der Waals surface area (Å²) in [6, 6.07) is 34.0. The number of fused-ring (bicyclic) bond motifs is 8. The minimum absolute atomic E-state index is 0. The maximum Gasteiger partial charge on any atom is 0.0847 e. The molecule has 8 bridgehead atoms. The molecule has 2 aliphatic heterocycles. The third-order valence-electron chi connectivity index (χ3n) is 8.32. The van der Waals surface area contributed by atoms with Crippen LogP contribution in [0.5, 0.6) is 0 Å². The number of hydrogen-bond acceptors (Lipinski definition) is 6. The summed E-state index contributed by atoms with van der Waals surface area (Å²) in [5.41, 5.74) is 13.4. The molecule has 235 valence electrons. The van der Waals surface area contributed by atoms with Gasteiger partial charge in [0.15, 0.2) is 0 Å². The van der Waals surface area contributed by atoms with Crippen LogP contribution in [0.3, 0.4) is 0 Å². The van der Waals surface area contributed by atoms with Crippen LogP contribution < -0.4 is 0 Å². The minimum Gasteiger partial charge on any atom is -0.355 e. The van der Waals surface area contributed by atoms with Crippen LogP contribution in [-0.4, -0.2) is 39.9 Å².